The molecule has 2 aromatic rings. The number of aromatic nitrogens is 1. The highest BCUT2D eigenvalue weighted by atomic mass is 32.2. The number of aryl methyl sites for hydroxylation is 1. The minimum Gasteiger partial charge on any atom is -0.398 e. The summed E-state index contributed by atoms with van der Waals surface area (Å²) in [5, 5.41) is 0. The molecule has 1 aromatic heterocycles. The van der Waals surface area contributed by atoms with Crippen molar-refractivity contribution in [3.8, 4) is 0 Å². The maximum Gasteiger partial charge on any atom is 0.266 e. The standard InChI is InChI=1S/C13H14FN3O3S/c1-2-17-8-9(6-7-12(17)18)16-21(19,20)13-10(14)4-3-5-11(13)15/h3-8,16H,2,15H2,1H3. The van der Waals surface area contributed by atoms with E-state index in [1.165, 1.54) is 35.0 Å². The molecule has 0 saturated heterocycles. The first-order valence-corrected chi connectivity index (χ1v) is 7.61. The summed E-state index contributed by atoms with van der Waals surface area (Å²) in [5.41, 5.74) is 5.23. The fourth-order valence-corrected chi connectivity index (χ4v) is 3.09. The van der Waals surface area contributed by atoms with E-state index < -0.39 is 20.7 Å². The van der Waals surface area contributed by atoms with Crippen LogP contribution in [0.5, 0.6) is 0 Å². The molecule has 6 nitrogen and oxygen atoms in total. The van der Waals surface area contributed by atoms with Crippen LogP contribution in [-0.2, 0) is 16.6 Å². The number of hydrogen-bond acceptors (Lipinski definition) is 4. The third-order valence-electron chi connectivity index (χ3n) is 2.84. The van der Waals surface area contributed by atoms with Gasteiger partial charge in [0.2, 0.25) is 0 Å². The van der Waals surface area contributed by atoms with Crippen molar-refractivity contribution in [3.63, 3.8) is 0 Å². The molecule has 0 fully saturated rings. The Balaban J connectivity index is 2.45. The zero-order valence-corrected chi connectivity index (χ0v) is 12.0. The molecule has 0 radical (unpaired) electrons. The molecule has 0 aliphatic rings. The molecule has 0 amide bonds. The Kier molecular flexibility index (Phi) is 3.99. The number of pyridine rings is 1. The highest BCUT2D eigenvalue weighted by Crippen LogP contribution is 2.23. The van der Waals surface area contributed by atoms with E-state index in [0.29, 0.717) is 6.54 Å². The Morgan fingerprint density at radius 2 is 2.00 bits per heavy atom. The zero-order chi connectivity index (χ0) is 15.6. The Labute approximate surface area is 121 Å². The Bertz CT molecular complexity index is 811. The van der Waals surface area contributed by atoms with Gasteiger partial charge in [-0.3, -0.25) is 9.52 Å². The largest absolute Gasteiger partial charge is 0.398 e. The summed E-state index contributed by atoms with van der Waals surface area (Å²) < 4.78 is 41.7. The predicted octanol–water partition coefficient (Wildman–Crippen LogP) is 1.39. The first-order valence-electron chi connectivity index (χ1n) is 6.12. The number of hydrogen-bond donors (Lipinski definition) is 2. The van der Waals surface area contributed by atoms with Gasteiger partial charge in [0.05, 0.1) is 11.4 Å². The maximum absolute atomic E-state index is 13.7. The quantitative estimate of drug-likeness (QED) is 0.834. The normalized spacial score (nSPS) is 11.3. The molecule has 1 heterocycles. The SMILES string of the molecule is CCn1cc(NS(=O)(=O)c2c(N)cccc2F)ccc1=O. The van der Waals surface area contributed by atoms with Gasteiger partial charge < -0.3 is 10.3 Å². The lowest BCUT2D eigenvalue weighted by atomic mass is 10.3. The molecule has 21 heavy (non-hydrogen) atoms. The fraction of sp³-hybridized carbons (Fsp3) is 0.154. The van der Waals surface area contributed by atoms with Gasteiger partial charge in [-0.25, -0.2) is 12.8 Å². The number of nitrogens with zero attached hydrogens (tertiary/aromatic N) is 1. The van der Waals surface area contributed by atoms with Crippen molar-refractivity contribution in [2.75, 3.05) is 10.5 Å². The maximum atomic E-state index is 13.7. The van der Waals surface area contributed by atoms with Crippen LogP contribution in [0.25, 0.3) is 0 Å². The molecule has 112 valence electrons. The molecule has 0 saturated carbocycles. The van der Waals surface area contributed by atoms with Crippen molar-refractivity contribution >= 4 is 21.4 Å². The van der Waals surface area contributed by atoms with Crippen LogP contribution in [0.4, 0.5) is 15.8 Å². The molecule has 0 aliphatic heterocycles. The van der Waals surface area contributed by atoms with Gasteiger partial charge in [-0.2, -0.15) is 0 Å². The Morgan fingerprint density at radius 1 is 1.29 bits per heavy atom. The summed E-state index contributed by atoms with van der Waals surface area (Å²) in [4.78, 5) is 10.8. The summed E-state index contributed by atoms with van der Waals surface area (Å²) in [6.07, 6.45) is 1.34. The highest BCUT2D eigenvalue weighted by molar-refractivity contribution is 7.92. The first-order chi connectivity index (χ1) is 9.85. The topological polar surface area (TPSA) is 94.2 Å². The van der Waals surface area contributed by atoms with Gasteiger partial charge in [0.15, 0.2) is 0 Å². The summed E-state index contributed by atoms with van der Waals surface area (Å²) in [6, 6.07) is 6.17. The number of sulfonamides is 1. The molecule has 0 aliphatic carbocycles. The molecule has 3 N–H and O–H groups in total. The lowest BCUT2D eigenvalue weighted by Crippen LogP contribution is -2.21. The van der Waals surface area contributed by atoms with Crippen LogP contribution >= 0.6 is 0 Å². The van der Waals surface area contributed by atoms with Crippen molar-refractivity contribution in [2.45, 2.75) is 18.4 Å². The smallest absolute Gasteiger partial charge is 0.266 e. The Hall–Kier alpha value is -2.35. The number of rotatable bonds is 4. The summed E-state index contributed by atoms with van der Waals surface area (Å²) in [6.45, 7) is 2.13. The lowest BCUT2D eigenvalue weighted by Gasteiger charge is -2.12. The van der Waals surface area contributed by atoms with Crippen molar-refractivity contribution in [2.24, 2.45) is 0 Å². The van der Waals surface area contributed by atoms with Gasteiger partial charge >= 0.3 is 0 Å². The number of nitrogens with one attached hydrogen (secondary N) is 1. The van der Waals surface area contributed by atoms with Crippen molar-refractivity contribution < 1.29 is 12.8 Å². The van der Waals surface area contributed by atoms with Gasteiger partial charge in [-0.05, 0) is 25.1 Å². The number of halogens is 1. The van der Waals surface area contributed by atoms with Crippen LogP contribution < -0.4 is 16.0 Å². The highest BCUT2D eigenvalue weighted by Gasteiger charge is 2.22. The van der Waals surface area contributed by atoms with E-state index in [9.17, 15) is 17.6 Å². The van der Waals surface area contributed by atoms with Crippen LogP contribution in [-0.4, -0.2) is 13.0 Å². The molecule has 0 bridgehead atoms. The van der Waals surface area contributed by atoms with Crippen LogP contribution in [0.1, 0.15) is 6.92 Å². The number of benzene rings is 1. The number of nitrogens with two attached hydrogens (primary N) is 1. The predicted molar refractivity (Wildman–Crippen MR) is 78.0 cm³/mol. The minimum atomic E-state index is -4.18. The second-order valence-corrected chi connectivity index (χ2v) is 5.92. The fourth-order valence-electron chi connectivity index (χ4n) is 1.85. The van der Waals surface area contributed by atoms with E-state index in [1.54, 1.807) is 6.92 Å². The second kappa shape index (κ2) is 5.57. The molecule has 1 aromatic carbocycles. The van der Waals surface area contributed by atoms with Crippen LogP contribution in [0.2, 0.25) is 0 Å². The molecule has 2 rings (SSSR count). The van der Waals surface area contributed by atoms with E-state index in [4.69, 9.17) is 5.73 Å². The molecular formula is C13H14FN3O3S. The van der Waals surface area contributed by atoms with E-state index in [0.717, 1.165) is 6.07 Å². The zero-order valence-electron chi connectivity index (χ0n) is 11.2. The number of nitrogen functional groups attached to an aromatic ring is 1. The van der Waals surface area contributed by atoms with E-state index in [2.05, 4.69) is 4.72 Å². The Morgan fingerprint density at radius 3 is 2.62 bits per heavy atom. The van der Waals surface area contributed by atoms with Crippen molar-refractivity contribution in [1.82, 2.24) is 4.57 Å². The molecule has 0 spiro atoms. The van der Waals surface area contributed by atoms with E-state index >= 15 is 0 Å². The molecule has 8 heteroatoms. The van der Waals surface area contributed by atoms with Gasteiger partial charge in [0, 0.05) is 18.8 Å². The molecular weight excluding hydrogens is 297 g/mol. The summed E-state index contributed by atoms with van der Waals surface area (Å²) in [5.74, 6) is -0.939. The van der Waals surface area contributed by atoms with Gasteiger partial charge in [-0.15, -0.1) is 0 Å². The average Bonchev–Trinajstić information content (AvgIpc) is 2.40. The monoisotopic (exact) mass is 311 g/mol. The van der Waals surface area contributed by atoms with Crippen LogP contribution in [0.3, 0.4) is 0 Å². The minimum absolute atomic E-state index is 0.152. The van der Waals surface area contributed by atoms with E-state index in [-0.39, 0.29) is 16.9 Å². The average molecular weight is 311 g/mol. The van der Waals surface area contributed by atoms with Crippen molar-refractivity contribution in [1.29, 1.82) is 0 Å². The van der Waals surface area contributed by atoms with Gasteiger partial charge in [-0.1, -0.05) is 6.07 Å². The summed E-state index contributed by atoms with van der Waals surface area (Å²) in [7, 11) is -4.18. The molecule has 0 unspecified atom stereocenters. The lowest BCUT2D eigenvalue weighted by molar-refractivity contribution is 0.571. The van der Waals surface area contributed by atoms with Crippen LogP contribution in [0.15, 0.2) is 46.2 Å². The number of anilines is 2. The second-order valence-electron chi connectivity index (χ2n) is 4.31. The first kappa shape index (κ1) is 15.0. The van der Waals surface area contributed by atoms with Gasteiger partial charge in [0.25, 0.3) is 15.6 Å². The van der Waals surface area contributed by atoms with E-state index in [1.807, 2.05) is 0 Å². The molecule has 0 atom stereocenters. The van der Waals surface area contributed by atoms with Gasteiger partial charge in [0.1, 0.15) is 10.7 Å². The van der Waals surface area contributed by atoms with Crippen LogP contribution in [0, 0.1) is 5.82 Å². The van der Waals surface area contributed by atoms with Crippen molar-refractivity contribution in [3.05, 3.63) is 52.7 Å². The summed E-state index contributed by atoms with van der Waals surface area (Å²) >= 11 is 0. The third kappa shape index (κ3) is 3.05. The third-order valence-corrected chi connectivity index (χ3v) is 4.32.